The second-order valence-corrected chi connectivity index (χ2v) is 5.58. The van der Waals surface area contributed by atoms with Gasteiger partial charge in [-0.05, 0) is 36.6 Å². The number of rotatable bonds is 4. The average molecular weight is 290 g/mol. The van der Waals surface area contributed by atoms with E-state index in [0.29, 0.717) is 11.6 Å². The molecule has 0 amide bonds. The molecular weight excluding hydrogens is 270 g/mol. The molecule has 0 heterocycles. The Kier molecular flexibility index (Phi) is 4.81. The van der Waals surface area contributed by atoms with Crippen molar-refractivity contribution in [2.24, 2.45) is 5.73 Å². The van der Waals surface area contributed by atoms with E-state index in [0.717, 1.165) is 16.7 Å². The largest absolute Gasteiger partial charge is 0.388 e. The van der Waals surface area contributed by atoms with E-state index >= 15 is 0 Å². The zero-order valence-corrected chi connectivity index (χ0v) is 12.6. The van der Waals surface area contributed by atoms with Gasteiger partial charge in [0.15, 0.2) is 0 Å². The summed E-state index contributed by atoms with van der Waals surface area (Å²) in [6, 6.07) is 13.6. The molecular formula is C17H20ClNO. The van der Waals surface area contributed by atoms with Gasteiger partial charge in [-0.25, -0.2) is 0 Å². The van der Waals surface area contributed by atoms with Crippen LogP contribution >= 0.6 is 11.6 Å². The summed E-state index contributed by atoms with van der Waals surface area (Å²) in [6.45, 7) is 4.39. The highest BCUT2D eigenvalue weighted by atomic mass is 35.5. The number of nitrogens with two attached hydrogens (primary N) is 1. The van der Waals surface area contributed by atoms with E-state index in [4.69, 9.17) is 17.3 Å². The molecule has 0 saturated heterocycles. The minimum atomic E-state index is -0.652. The molecule has 2 rings (SSSR count). The Labute approximate surface area is 125 Å². The second-order valence-electron chi connectivity index (χ2n) is 5.17. The first-order valence-electron chi connectivity index (χ1n) is 6.74. The molecule has 2 unspecified atom stereocenters. The maximum absolute atomic E-state index is 10.7. The predicted octanol–water partition coefficient (Wildman–Crippen LogP) is 3.73. The van der Waals surface area contributed by atoms with Crippen molar-refractivity contribution in [3.63, 3.8) is 0 Å². The van der Waals surface area contributed by atoms with Crippen LogP contribution in [0.3, 0.4) is 0 Å². The van der Waals surface area contributed by atoms with E-state index in [2.05, 4.69) is 6.07 Å². The van der Waals surface area contributed by atoms with Crippen LogP contribution in [-0.2, 0) is 0 Å². The molecule has 3 heteroatoms. The first kappa shape index (κ1) is 15.0. The van der Waals surface area contributed by atoms with Crippen LogP contribution in [0.15, 0.2) is 42.5 Å². The van der Waals surface area contributed by atoms with Crippen LogP contribution in [0.25, 0.3) is 0 Å². The Morgan fingerprint density at radius 3 is 2.40 bits per heavy atom. The van der Waals surface area contributed by atoms with Crippen molar-refractivity contribution in [3.05, 3.63) is 69.7 Å². The summed E-state index contributed by atoms with van der Waals surface area (Å²) < 4.78 is 0. The molecule has 0 aliphatic carbocycles. The summed E-state index contributed by atoms with van der Waals surface area (Å²) in [5, 5.41) is 11.3. The first-order chi connectivity index (χ1) is 9.54. The fraction of sp³-hybridized carbons (Fsp3) is 0.294. The van der Waals surface area contributed by atoms with E-state index in [1.807, 2.05) is 50.2 Å². The molecule has 0 fully saturated rings. The van der Waals surface area contributed by atoms with Gasteiger partial charge in [0.2, 0.25) is 0 Å². The zero-order valence-electron chi connectivity index (χ0n) is 11.8. The van der Waals surface area contributed by atoms with Gasteiger partial charge in [-0.15, -0.1) is 0 Å². The summed E-state index contributed by atoms with van der Waals surface area (Å²) in [5.41, 5.74) is 9.93. The Morgan fingerprint density at radius 2 is 1.80 bits per heavy atom. The normalized spacial score (nSPS) is 14.1. The standard InChI is InChI=1S/C17H20ClNO/c1-11-7-8-13(12(2)9-11)17(20)15(10-19)14-5-3-4-6-16(14)18/h3-9,15,17,20H,10,19H2,1-2H3. The Hall–Kier alpha value is -1.35. The summed E-state index contributed by atoms with van der Waals surface area (Å²) in [5.74, 6) is -0.204. The van der Waals surface area contributed by atoms with Gasteiger partial charge in [-0.3, -0.25) is 0 Å². The average Bonchev–Trinajstić information content (AvgIpc) is 2.41. The van der Waals surface area contributed by atoms with Gasteiger partial charge >= 0.3 is 0 Å². The van der Waals surface area contributed by atoms with Crippen LogP contribution in [0, 0.1) is 13.8 Å². The second kappa shape index (κ2) is 6.40. The van der Waals surface area contributed by atoms with Crippen LogP contribution in [0.4, 0.5) is 0 Å². The number of aliphatic hydroxyl groups excluding tert-OH is 1. The molecule has 3 N–H and O–H groups in total. The highest BCUT2D eigenvalue weighted by Crippen LogP contribution is 2.35. The molecule has 106 valence electrons. The fourth-order valence-corrected chi connectivity index (χ4v) is 2.85. The molecule has 2 nitrogen and oxygen atoms in total. The van der Waals surface area contributed by atoms with Gasteiger partial charge in [-0.1, -0.05) is 53.6 Å². The van der Waals surface area contributed by atoms with Crippen molar-refractivity contribution in [1.82, 2.24) is 0 Å². The molecule has 0 spiro atoms. The van der Waals surface area contributed by atoms with Gasteiger partial charge in [0.05, 0.1) is 6.10 Å². The topological polar surface area (TPSA) is 46.2 Å². The Bertz CT molecular complexity index is 597. The number of aryl methyl sites for hydroxylation is 2. The van der Waals surface area contributed by atoms with Crippen LogP contribution in [0.5, 0.6) is 0 Å². The molecule has 0 aromatic heterocycles. The van der Waals surface area contributed by atoms with Crippen molar-refractivity contribution in [1.29, 1.82) is 0 Å². The van der Waals surface area contributed by atoms with Gasteiger partial charge < -0.3 is 10.8 Å². The first-order valence-corrected chi connectivity index (χ1v) is 7.12. The van der Waals surface area contributed by atoms with Crippen molar-refractivity contribution >= 4 is 11.6 Å². The third-order valence-electron chi connectivity index (χ3n) is 3.68. The molecule has 2 atom stereocenters. The third-order valence-corrected chi connectivity index (χ3v) is 4.03. The van der Waals surface area contributed by atoms with Crippen molar-refractivity contribution < 1.29 is 5.11 Å². The smallest absolute Gasteiger partial charge is 0.0873 e. The third kappa shape index (κ3) is 3.04. The van der Waals surface area contributed by atoms with Crippen LogP contribution in [-0.4, -0.2) is 11.7 Å². The van der Waals surface area contributed by atoms with Gasteiger partial charge in [-0.2, -0.15) is 0 Å². The van der Waals surface area contributed by atoms with Crippen LogP contribution in [0.2, 0.25) is 5.02 Å². The lowest BCUT2D eigenvalue weighted by molar-refractivity contribution is 0.147. The maximum Gasteiger partial charge on any atom is 0.0873 e. The molecule has 20 heavy (non-hydrogen) atoms. The predicted molar refractivity (Wildman–Crippen MR) is 84.1 cm³/mol. The quantitative estimate of drug-likeness (QED) is 0.901. The van der Waals surface area contributed by atoms with Crippen molar-refractivity contribution in [2.45, 2.75) is 25.9 Å². The summed E-state index contributed by atoms with van der Waals surface area (Å²) in [4.78, 5) is 0. The zero-order chi connectivity index (χ0) is 14.7. The van der Waals surface area contributed by atoms with Gasteiger partial charge in [0, 0.05) is 17.5 Å². The van der Waals surface area contributed by atoms with E-state index in [1.54, 1.807) is 0 Å². The maximum atomic E-state index is 10.7. The number of hydrogen-bond donors (Lipinski definition) is 2. The Balaban J connectivity index is 2.39. The van der Waals surface area contributed by atoms with Gasteiger partial charge in [0.1, 0.15) is 0 Å². The number of benzene rings is 2. The lowest BCUT2D eigenvalue weighted by atomic mass is 9.87. The molecule has 0 saturated carbocycles. The molecule has 2 aromatic carbocycles. The summed E-state index contributed by atoms with van der Waals surface area (Å²) in [6.07, 6.45) is -0.652. The monoisotopic (exact) mass is 289 g/mol. The highest BCUT2D eigenvalue weighted by Gasteiger charge is 2.24. The summed E-state index contributed by atoms with van der Waals surface area (Å²) in [7, 11) is 0. The molecule has 0 bridgehead atoms. The number of aliphatic hydroxyl groups is 1. The number of hydrogen-bond acceptors (Lipinski definition) is 2. The van der Waals surface area contributed by atoms with Crippen LogP contribution < -0.4 is 5.73 Å². The molecule has 0 radical (unpaired) electrons. The highest BCUT2D eigenvalue weighted by molar-refractivity contribution is 6.31. The molecule has 2 aromatic rings. The minimum absolute atomic E-state index is 0.204. The van der Waals surface area contributed by atoms with E-state index in [-0.39, 0.29) is 5.92 Å². The Morgan fingerprint density at radius 1 is 1.10 bits per heavy atom. The SMILES string of the molecule is Cc1ccc(C(O)C(CN)c2ccccc2Cl)c(C)c1. The lowest BCUT2D eigenvalue weighted by Crippen LogP contribution is -2.21. The van der Waals surface area contributed by atoms with Gasteiger partial charge in [0.25, 0.3) is 0 Å². The van der Waals surface area contributed by atoms with Crippen molar-refractivity contribution in [2.75, 3.05) is 6.54 Å². The van der Waals surface area contributed by atoms with E-state index in [1.165, 1.54) is 5.56 Å². The fourth-order valence-electron chi connectivity index (χ4n) is 2.58. The lowest BCUT2D eigenvalue weighted by Gasteiger charge is -2.24. The van der Waals surface area contributed by atoms with E-state index < -0.39 is 6.10 Å². The van der Waals surface area contributed by atoms with Crippen LogP contribution in [0.1, 0.15) is 34.3 Å². The van der Waals surface area contributed by atoms with Crippen molar-refractivity contribution in [3.8, 4) is 0 Å². The van der Waals surface area contributed by atoms with E-state index in [9.17, 15) is 5.11 Å². The molecule has 0 aliphatic rings. The summed E-state index contributed by atoms with van der Waals surface area (Å²) >= 11 is 6.23. The number of halogens is 1. The minimum Gasteiger partial charge on any atom is -0.388 e. The molecule has 0 aliphatic heterocycles.